The van der Waals surface area contributed by atoms with Crippen molar-refractivity contribution in [2.45, 2.75) is 32.1 Å². The van der Waals surface area contributed by atoms with Crippen molar-refractivity contribution in [3.05, 3.63) is 199 Å². The fourth-order valence-corrected chi connectivity index (χ4v) is 14.2. The summed E-state index contributed by atoms with van der Waals surface area (Å²) in [6, 6.07) is 64.4. The highest BCUT2D eigenvalue weighted by Crippen LogP contribution is 2.49. The van der Waals surface area contributed by atoms with Gasteiger partial charge in [0.25, 0.3) is 0 Å². The first kappa shape index (κ1) is 31.7. The van der Waals surface area contributed by atoms with Crippen LogP contribution < -0.4 is 20.7 Å². The highest BCUT2D eigenvalue weighted by atomic mass is 28.3. The summed E-state index contributed by atoms with van der Waals surface area (Å²) in [4.78, 5) is 0. The third kappa shape index (κ3) is 4.82. The maximum Gasteiger partial charge on any atom is 0.179 e. The topological polar surface area (TPSA) is 4.93 Å². The minimum absolute atomic E-state index is 0.0316. The lowest BCUT2D eigenvalue weighted by atomic mass is 9.81. The summed E-state index contributed by atoms with van der Waals surface area (Å²) in [5, 5.41) is 8.15. The lowest BCUT2D eigenvalue weighted by Crippen LogP contribution is -2.74. The van der Waals surface area contributed by atoms with E-state index in [-0.39, 0.29) is 5.41 Å². The monoisotopic (exact) mass is 695 g/mol. The lowest BCUT2D eigenvalue weighted by Gasteiger charge is -2.34. The number of nitrogens with zero attached hydrogens (tertiary/aromatic N) is 1. The molecule has 254 valence electrons. The van der Waals surface area contributed by atoms with E-state index in [0.717, 1.165) is 12.8 Å². The van der Waals surface area contributed by atoms with Gasteiger partial charge < -0.3 is 4.57 Å². The Balaban J connectivity index is 1.18. The average Bonchev–Trinajstić information content (AvgIpc) is 3.67. The average molecular weight is 696 g/mol. The van der Waals surface area contributed by atoms with Crippen molar-refractivity contribution in [2.24, 2.45) is 0 Å². The highest BCUT2D eigenvalue weighted by molar-refractivity contribution is 7.20. The minimum Gasteiger partial charge on any atom is -0.310 e. The van der Waals surface area contributed by atoms with Gasteiger partial charge in [-0.05, 0) is 91.2 Å². The standard InChI is InChI=1S/C51H41NSi/c1-51(2)47-24-14-12-22-43(47)44-32-28-37(34-48(44)51)36-26-29-41(30-27-36)53(39-18-8-4-9-19-39,40-20-10-5-11-21-40)42-31-33-50-46(35-42)45-23-13-15-25-49(45)52(50)38-16-6-3-7-17-38/h4-6,8-35H,3,7H2,1-2H3. The first-order valence-corrected chi connectivity index (χ1v) is 20.9. The van der Waals surface area contributed by atoms with Crippen LogP contribution in [-0.4, -0.2) is 12.6 Å². The van der Waals surface area contributed by atoms with Gasteiger partial charge in [-0.25, -0.2) is 0 Å². The normalized spacial score (nSPS) is 14.6. The van der Waals surface area contributed by atoms with Gasteiger partial charge in [-0.2, -0.15) is 0 Å². The number of hydrogen-bond donors (Lipinski definition) is 0. The van der Waals surface area contributed by atoms with Crippen LogP contribution in [0.5, 0.6) is 0 Å². The maximum atomic E-state index is 2.53. The Kier molecular flexibility index (Phi) is 7.38. The van der Waals surface area contributed by atoms with Crippen molar-refractivity contribution in [3.63, 3.8) is 0 Å². The number of allylic oxidation sites excluding steroid dienone is 4. The van der Waals surface area contributed by atoms with Crippen molar-refractivity contribution < 1.29 is 0 Å². The number of benzene rings is 7. The Labute approximate surface area is 313 Å². The van der Waals surface area contributed by atoms with Crippen molar-refractivity contribution in [3.8, 4) is 22.3 Å². The Morgan fingerprint density at radius 2 is 1.08 bits per heavy atom. The van der Waals surface area contributed by atoms with Gasteiger partial charge in [0.05, 0.1) is 11.0 Å². The zero-order chi connectivity index (χ0) is 35.6. The van der Waals surface area contributed by atoms with Gasteiger partial charge >= 0.3 is 0 Å². The summed E-state index contributed by atoms with van der Waals surface area (Å²) in [5.74, 6) is 0. The molecule has 1 nitrogen and oxygen atoms in total. The zero-order valence-corrected chi connectivity index (χ0v) is 31.3. The Bertz CT molecular complexity index is 2690. The van der Waals surface area contributed by atoms with Crippen LogP contribution in [0.3, 0.4) is 0 Å². The first-order chi connectivity index (χ1) is 26.0. The van der Waals surface area contributed by atoms with Crippen molar-refractivity contribution in [2.75, 3.05) is 0 Å². The van der Waals surface area contributed by atoms with Crippen LogP contribution >= 0.6 is 0 Å². The van der Waals surface area contributed by atoms with Gasteiger partial charge in [0.1, 0.15) is 0 Å². The zero-order valence-electron chi connectivity index (χ0n) is 30.3. The summed E-state index contributed by atoms with van der Waals surface area (Å²) in [6.45, 7) is 4.72. The third-order valence-electron chi connectivity index (χ3n) is 12.0. The van der Waals surface area contributed by atoms with Gasteiger partial charge in [-0.15, -0.1) is 0 Å². The third-order valence-corrected chi connectivity index (χ3v) is 16.8. The van der Waals surface area contributed by atoms with Gasteiger partial charge in [-0.3, -0.25) is 0 Å². The Hall–Kier alpha value is -5.96. The highest BCUT2D eigenvalue weighted by Gasteiger charge is 2.42. The first-order valence-electron chi connectivity index (χ1n) is 18.9. The van der Waals surface area contributed by atoms with Gasteiger partial charge in [0, 0.05) is 21.9 Å². The lowest BCUT2D eigenvalue weighted by molar-refractivity contribution is 0.660. The maximum absolute atomic E-state index is 2.78. The molecule has 1 heterocycles. The molecular weight excluding hydrogens is 655 g/mol. The van der Waals surface area contributed by atoms with E-state index in [1.54, 1.807) is 0 Å². The molecule has 2 aliphatic carbocycles. The summed E-state index contributed by atoms with van der Waals surface area (Å²) in [6.07, 6.45) is 9.15. The second kappa shape index (κ2) is 12.3. The molecule has 0 aliphatic heterocycles. The summed E-state index contributed by atoms with van der Waals surface area (Å²) in [7, 11) is -2.78. The van der Waals surface area contributed by atoms with E-state index in [2.05, 4.69) is 207 Å². The second-order valence-electron chi connectivity index (χ2n) is 15.2. The molecule has 0 fully saturated rings. The molecule has 0 atom stereocenters. The van der Waals surface area contributed by atoms with E-state index < -0.39 is 8.07 Å². The molecule has 0 radical (unpaired) electrons. The Morgan fingerprint density at radius 1 is 0.472 bits per heavy atom. The quantitative estimate of drug-likeness (QED) is 0.121. The molecule has 2 heteroatoms. The van der Waals surface area contributed by atoms with Crippen molar-refractivity contribution >= 4 is 56.3 Å². The van der Waals surface area contributed by atoms with Crippen LogP contribution in [0.25, 0.3) is 49.8 Å². The van der Waals surface area contributed by atoms with Crippen LogP contribution in [0.15, 0.2) is 188 Å². The van der Waals surface area contributed by atoms with Crippen molar-refractivity contribution in [1.82, 2.24) is 4.57 Å². The van der Waals surface area contributed by atoms with Gasteiger partial charge in [0.2, 0.25) is 0 Å². The molecule has 0 saturated carbocycles. The molecule has 1 aromatic heterocycles. The molecule has 0 N–H and O–H groups in total. The smallest absolute Gasteiger partial charge is 0.179 e. The van der Waals surface area contributed by atoms with Crippen LogP contribution in [0.2, 0.25) is 0 Å². The number of hydrogen-bond acceptors (Lipinski definition) is 0. The molecule has 53 heavy (non-hydrogen) atoms. The van der Waals surface area contributed by atoms with Crippen LogP contribution in [-0.2, 0) is 5.41 Å². The van der Waals surface area contributed by atoms with Crippen LogP contribution in [0, 0.1) is 0 Å². The summed E-state index contributed by atoms with van der Waals surface area (Å²) in [5.41, 5.74) is 11.8. The van der Waals surface area contributed by atoms with Crippen molar-refractivity contribution in [1.29, 1.82) is 0 Å². The van der Waals surface area contributed by atoms with Gasteiger partial charge in [-0.1, -0.05) is 178 Å². The molecule has 0 bridgehead atoms. The molecular formula is C51H41NSi. The predicted molar refractivity (Wildman–Crippen MR) is 229 cm³/mol. The Morgan fingerprint density at radius 3 is 1.81 bits per heavy atom. The second-order valence-corrected chi connectivity index (χ2v) is 19.0. The summed E-state index contributed by atoms with van der Waals surface area (Å²) < 4.78 is 2.46. The van der Waals surface area contributed by atoms with Gasteiger partial charge in [0.15, 0.2) is 8.07 Å². The number of aromatic nitrogens is 1. The number of para-hydroxylation sites is 1. The van der Waals surface area contributed by atoms with Crippen LogP contribution in [0.1, 0.15) is 37.8 Å². The summed E-state index contributed by atoms with van der Waals surface area (Å²) >= 11 is 0. The molecule has 0 amide bonds. The minimum atomic E-state index is -2.78. The molecule has 10 rings (SSSR count). The van der Waals surface area contributed by atoms with E-state index in [1.807, 2.05) is 0 Å². The number of fused-ring (bicyclic) bond motifs is 6. The fourth-order valence-electron chi connectivity index (χ4n) is 9.42. The van der Waals surface area contributed by atoms with E-state index in [1.165, 1.54) is 81.6 Å². The van der Waals surface area contributed by atoms with E-state index in [0.29, 0.717) is 0 Å². The van der Waals surface area contributed by atoms with Crippen LogP contribution in [0.4, 0.5) is 0 Å². The largest absolute Gasteiger partial charge is 0.310 e. The van der Waals surface area contributed by atoms with E-state index >= 15 is 0 Å². The molecule has 7 aromatic carbocycles. The van der Waals surface area contributed by atoms with E-state index in [4.69, 9.17) is 0 Å². The molecule has 2 aliphatic rings. The molecule has 0 unspecified atom stereocenters. The molecule has 0 spiro atoms. The number of rotatable bonds is 6. The fraction of sp³-hybridized carbons (Fsp3) is 0.0980. The molecule has 8 aromatic rings. The SMILES string of the molecule is CC1(C)c2ccccc2-c2ccc(-c3ccc([Si](c4ccccc4)(c4ccccc4)c4ccc5c(c4)c4ccccc4n5C4=CCCC=C4)cc3)cc21. The van der Waals surface area contributed by atoms with E-state index in [9.17, 15) is 0 Å². The predicted octanol–water partition coefficient (Wildman–Crippen LogP) is 10.3. The molecule has 0 saturated heterocycles.